The van der Waals surface area contributed by atoms with Crippen LogP contribution in [0, 0.1) is 0 Å². The maximum absolute atomic E-state index is 11.8. The molecule has 0 aromatic heterocycles. The van der Waals surface area contributed by atoms with Gasteiger partial charge >= 0.3 is 5.97 Å². The first kappa shape index (κ1) is 11.1. The summed E-state index contributed by atoms with van der Waals surface area (Å²) in [5.74, 6) is 0.300. The van der Waals surface area contributed by atoms with Crippen LogP contribution in [-0.2, 0) is 4.79 Å². The van der Waals surface area contributed by atoms with Crippen molar-refractivity contribution in [1.29, 1.82) is 0 Å². The van der Waals surface area contributed by atoms with Crippen LogP contribution in [0.5, 0.6) is 5.75 Å². The molecule has 3 heteroatoms. The summed E-state index contributed by atoms with van der Waals surface area (Å²) in [6, 6.07) is 14.7. The molecular weight excluding hydrogens is 248 g/mol. The molecule has 0 saturated heterocycles. The number of hydrogen-bond donors (Lipinski definition) is 0. The topological polar surface area (TPSA) is 26.3 Å². The van der Waals surface area contributed by atoms with Gasteiger partial charge < -0.3 is 4.74 Å². The number of hydrogen-bond acceptors (Lipinski definition) is 2. The average molecular weight is 257 g/mol. The monoisotopic (exact) mass is 256 g/mol. The van der Waals surface area contributed by atoms with E-state index in [2.05, 4.69) is 0 Å². The lowest BCUT2D eigenvalue weighted by atomic mass is 10.0. The van der Waals surface area contributed by atoms with Crippen LogP contribution in [0.3, 0.4) is 0 Å². The van der Waals surface area contributed by atoms with E-state index in [9.17, 15) is 4.79 Å². The number of ether oxygens (including phenoxy) is 1. The fourth-order valence-electron chi connectivity index (χ4n) is 1.91. The molecule has 18 heavy (non-hydrogen) atoms. The first-order chi connectivity index (χ1) is 8.74. The Morgan fingerprint density at radius 1 is 1.00 bits per heavy atom. The lowest BCUT2D eigenvalue weighted by molar-refractivity contribution is -0.126. The van der Waals surface area contributed by atoms with Crippen LogP contribution in [0.4, 0.5) is 0 Å². The number of benzene rings is 2. The molecule has 0 spiro atoms. The van der Waals surface area contributed by atoms with Crippen LogP contribution < -0.4 is 4.74 Å². The van der Waals surface area contributed by atoms with Crippen molar-refractivity contribution < 1.29 is 9.53 Å². The van der Waals surface area contributed by atoms with Crippen LogP contribution in [0.1, 0.15) is 11.1 Å². The Labute approximate surface area is 109 Å². The second-order valence-electron chi connectivity index (χ2n) is 4.00. The molecule has 88 valence electrons. The highest BCUT2D eigenvalue weighted by molar-refractivity contribution is 6.30. The summed E-state index contributed by atoms with van der Waals surface area (Å²) in [5.41, 5.74) is 2.33. The molecule has 2 aromatic rings. The molecule has 2 aromatic carbocycles. The quantitative estimate of drug-likeness (QED) is 0.441. The maximum atomic E-state index is 11.8. The number of carbonyl (C=O) groups excluding carboxylic acids is 1. The number of esters is 1. The third-order valence-electron chi connectivity index (χ3n) is 2.78. The number of halogens is 1. The summed E-state index contributed by atoms with van der Waals surface area (Å²) in [6.45, 7) is 0. The first-order valence-electron chi connectivity index (χ1n) is 5.53. The third-order valence-corrected chi connectivity index (χ3v) is 3.03. The molecule has 0 radical (unpaired) electrons. The molecule has 0 amide bonds. The number of carbonyl (C=O) groups is 1. The Bertz CT molecular complexity index is 642. The lowest BCUT2D eigenvalue weighted by Gasteiger charge is -1.97. The van der Waals surface area contributed by atoms with E-state index in [4.69, 9.17) is 16.3 Å². The summed E-state index contributed by atoms with van der Waals surface area (Å²) in [6.07, 6.45) is 1.81. The maximum Gasteiger partial charge on any atom is 0.344 e. The molecule has 1 heterocycles. The largest absolute Gasteiger partial charge is 0.422 e. The minimum absolute atomic E-state index is 0.314. The second-order valence-corrected chi connectivity index (χ2v) is 4.43. The molecule has 0 bridgehead atoms. The SMILES string of the molecule is O=C1Oc2ccccc2/C1=C/c1ccc(Cl)cc1. The van der Waals surface area contributed by atoms with E-state index in [1.54, 1.807) is 18.2 Å². The van der Waals surface area contributed by atoms with Gasteiger partial charge in [0.2, 0.25) is 0 Å². The van der Waals surface area contributed by atoms with E-state index in [0.29, 0.717) is 16.3 Å². The minimum Gasteiger partial charge on any atom is -0.422 e. The van der Waals surface area contributed by atoms with Gasteiger partial charge in [0.15, 0.2) is 0 Å². The molecule has 0 aliphatic carbocycles. The van der Waals surface area contributed by atoms with E-state index >= 15 is 0 Å². The lowest BCUT2D eigenvalue weighted by Crippen LogP contribution is -2.00. The Kier molecular flexibility index (Phi) is 2.65. The highest BCUT2D eigenvalue weighted by Gasteiger charge is 2.25. The van der Waals surface area contributed by atoms with Crippen LogP contribution in [0.15, 0.2) is 48.5 Å². The van der Waals surface area contributed by atoms with E-state index in [-0.39, 0.29) is 5.97 Å². The summed E-state index contributed by atoms with van der Waals surface area (Å²) >= 11 is 5.83. The zero-order valence-corrected chi connectivity index (χ0v) is 10.1. The van der Waals surface area contributed by atoms with Crippen LogP contribution in [-0.4, -0.2) is 5.97 Å². The Hall–Kier alpha value is -2.06. The Morgan fingerprint density at radius 2 is 1.72 bits per heavy atom. The highest BCUT2D eigenvalue weighted by Crippen LogP contribution is 2.34. The van der Waals surface area contributed by atoms with Crippen molar-refractivity contribution in [2.45, 2.75) is 0 Å². The van der Waals surface area contributed by atoms with Gasteiger partial charge in [-0.25, -0.2) is 4.79 Å². The predicted molar refractivity (Wildman–Crippen MR) is 71.4 cm³/mol. The van der Waals surface area contributed by atoms with Gasteiger partial charge in [0.1, 0.15) is 5.75 Å². The first-order valence-corrected chi connectivity index (χ1v) is 5.91. The molecule has 2 nitrogen and oxygen atoms in total. The molecule has 0 atom stereocenters. The van der Waals surface area contributed by atoms with E-state index < -0.39 is 0 Å². The van der Waals surface area contributed by atoms with Gasteiger partial charge in [-0.15, -0.1) is 0 Å². The normalized spacial score (nSPS) is 15.6. The minimum atomic E-state index is -0.314. The molecule has 0 saturated carbocycles. The number of para-hydroxylation sites is 1. The molecule has 1 aliphatic rings. The summed E-state index contributed by atoms with van der Waals surface area (Å²) in [4.78, 5) is 11.8. The zero-order valence-electron chi connectivity index (χ0n) is 9.39. The summed E-state index contributed by atoms with van der Waals surface area (Å²) in [5, 5.41) is 0.673. The van der Waals surface area contributed by atoms with Gasteiger partial charge in [-0.2, -0.15) is 0 Å². The van der Waals surface area contributed by atoms with Gasteiger partial charge in [0.05, 0.1) is 5.57 Å². The van der Waals surface area contributed by atoms with Gasteiger partial charge in [0, 0.05) is 10.6 Å². The predicted octanol–water partition coefficient (Wildman–Crippen LogP) is 3.80. The fourth-order valence-corrected chi connectivity index (χ4v) is 2.03. The van der Waals surface area contributed by atoms with Crippen molar-refractivity contribution >= 4 is 29.2 Å². The van der Waals surface area contributed by atoms with Crippen LogP contribution >= 0.6 is 11.6 Å². The molecule has 0 unspecified atom stereocenters. The molecule has 1 aliphatic heterocycles. The number of fused-ring (bicyclic) bond motifs is 1. The van der Waals surface area contributed by atoms with Crippen molar-refractivity contribution in [2.75, 3.05) is 0 Å². The smallest absolute Gasteiger partial charge is 0.344 e. The average Bonchev–Trinajstić information content (AvgIpc) is 2.69. The third kappa shape index (κ3) is 1.91. The summed E-state index contributed by atoms with van der Waals surface area (Å²) in [7, 11) is 0. The standard InChI is InChI=1S/C15H9ClO2/c16-11-7-5-10(6-8-11)9-13-12-3-1-2-4-14(12)18-15(13)17/h1-9H/b13-9-. The van der Waals surface area contributed by atoms with Crippen LogP contribution in [0.25, 0.3) is 11.6 Å². The molecule has 3 rings (SSSR count). The molecule has 0 fully saturated rings. The van der Waals surface area contributed by atoms with E-state index in [1.807, 2.05) is 36.4 Å². The Morgan fingerprint density at radius 3 is 2.50 bits per heavy atom. The zero-order chi connectivity index (χ0) is 12.5. The van der Waals surface area contributed by atoms with Gasteiger partial charge in [0.25, 0.3) is 0 Å². The molecular formula is C15H9ClO2. The van der Waals surface area contributed by atoms with Crippen molar-refractivity contribution in [3.05, 3.63) is 64.7 Å². The van der Waals surface area contributed by atoms with Crippen molar-refractivity contribution in [1.82, 2.24) is 0 Å². The van der Waals surface area contributed by atoms with Crippen molar-refractivity contribution in [3.8, 4) is 5.75 Å². The van der Waals surface area contributed by atoms with Crippen molar-refractivity contribution in [2.24, 2.45) is 0 Å². The van der Waals surface area contributed by atoms with Gasteiger partial charge in [-0.3, -0.25) is 0 Å². The van der Waals surface area contributed by atoms with Gasteiger partial charge in [-0.05, 0) is 29.8 Å². The highest BCUT2D eigenvalue weighted by atomic mass is 35.5. The number of rotatable bonds is 1. The van der Waals surface area contributed by atoms with E-state index in [1.165, 1.54) is 0 Å². The summed E-state index contributed by atoms with van der Waals surface area (Å²) < 4.78 is 5.18. The van der Waals surface area contributed by atoms with E-state index in [0.717, 1.165) is 11.1 Å². The van der Waals surface area contributed by atoms with Gasteiger partial charge in [-0.1, -0.05) is 41.9 Å². The van der Waals surface area contributed by atoms with Crippen LogP contribution in [0.2, 0.25) is 5.02 Å². The van der Waals surface area contributed by atoms with Crippen molar-refractivity contribution in [3.63, 3.8) is 0 Å². The molecule has 0 N–H and O–H groups in total. The fraction of sp³-hybridized carbons (Fsp3) is 0. The second kappa shape index (κ2) is 4.31. The Balaban J connectivity index is 2.07.